The molecule has 0 fully saturated rings. The van der Waals surface area contributed by atoms with Crippen LogP contribution in [0.25, 0.3) is 0 Å². The van der Waals surface area contributed by atoms with E-state index in [4.69, 9.17) is 0 Å². The van der Waals surface area contributed by atoms with Crippen molar-refractivity contribution >= 4 is 12.4 Å². The summed E-state index contributed by atoms with van der Waals surface area (Å²) in [6, 6.07) is 0. The number of rotatable bonds is 4. The first kappa shape index (κ1) is 29.5. The molecule has 0 saturated carbocycles. The fourth-order valence-electron chi connectivity index (χ4n) is 0.942. The number of hydrogen-bond donors (Lipinski definition) is 0. The molecule has 4 nitrogen and oxygen atoms in total. The largest absolute Gasteiger partial charge is 2.00 e. The molecule has 0 N–H and O–H groups in total. The van der Waals surface area contributed by atoms with E-state index in [9.17, 15) is 10.2 Å². The molecule has 0 aliphatic heterocycles. The fourth-order valence-corrected chi connectivity index (χ4v) is 0.942. The monoisotopic (exact) mass is 396 g/mol. The van der Waals surface area contributed by atoms with Crippen LogP contribution in [0, 0.1) is 11.8 Å². The van der Waals surface area contributed by atoms with E-state index in [-0.39, 0.29) is 40.0 Å². The van der Waals surface area contributed by atoms with Crippen molar-refractivity contribution in [1.82, 2.24) is 0 Å². The van der Waals surface area contributed by atoms with Crippen molar-refractivity contribution in [3.63, 3.8) is 0 Å². The molecule has 5 heteroatoms. The van der Waals surface area contributed by atoms with Crippen LogP contribution in [0.3, 0.4) is 0 Å². The Morgan fingerprint density at radius 1 is 0.600 bits per heavy atom. The number of hydrogen-bond acceptors (Lipinski definition) is 4. The molecule has 0 saturated heterocycles. The van der Waals surface area contributed by atoms with E-state index < -0.39 is 11.2 Å². The van der Waals surface area contributed by atoms with E-state index in [0.717, 1.165) is 0 Å². The molecule has 0 aromatic rings. The number of nitrogens with zero attached hydrogens (tertiary/aromatic N) is 2. The fraction of sp³-hybridized carbons (Fsp3) is 0.900. The SMILES string of the molecule is CC(C)C(C)([O-])C=NC(C)(C)C.CC(C)C(C)([O-])C=NC(C)(C)C.[Fe+2]. The molecule has 25 heavy (non-hydrogen) atoms. The van der Waals surface area contributed by atoms with E-state index in [1.807, 2.05) is 69.2 Å². The maximum Gasteiger partial charge on any atom is 2.00 e. The van der Waals surface area contributed by atoms with Gasteiger partial charge >= 0.3 is 17.1 Å². The van der Waals surface area contributed by atoms with Crippen molar-refractivity contribution in [2.75, 3.05) is 0 Å². The molecule has 0 bridgehead atoms. The quantitative estimate of drug-likeness (QED) is 0.541. The smallest absolute Gasteiger partial charge is 0.845 e. The Morgan fingerprint density at radius 2 is 0.800 bits per heavy atom. The first-order valence-electron chi connectivity index (χ1n) is 8.84. The molecule has 0 heterocycles. The zero-order chi connectivity index (χ0) is 20.0. The minimum atomic E-state index is -1.03. The van der Waals surface area contributed by atoms with Gasteiger partial charge in [0.25, 0.3) is 0 Å². The molecule has 0 radical (unpaired) electrons. The van der Waals surface area contributed by atoms with Crippen LogP contribution in [0.1, 0.15) is 83.1 Å². The van der Waals surface area contributed by atoms with Gasteiger partial charge in [-0.25, -0.2) is 0 Å². The topological polar surface area (TPSA) is 70.8 Å². The van der Waals surface area contributed by atoms with Gasteiger partial charge in [-0.15, -0.1) is 0 Å². The maximum absolute atomic E-state index is 11.7. The molecule has 2 atom stereocenters. The van der Waals surface area contributed by atoms with E-state index in [1.165, 1.54) is 12.4 Å². The molecule has 0 rings (SSSR count). The summed E-state index contributed by atoms with van der Waals surface area (Å²) in [6.45, 7) is 22.9. The second-order valence-corrected chi connectivity index (χ2v) is 9.54. The van der Waals surface area contributed by atoms with Crippen molar-refractivity contribution < 1.29 is 27.3 Å². The molecular formula is C20H40FeN2O2. The average molecular weight is 396 g/mol. The second-order valence-electron chi connectivity index (χ2n) is 9.54. The summed E-state index contributed by atoms with van der Waals surface area (Å²) in [7, 11) is 0. The van der Waals surface area contributed by atoms with Gasteiger partial charge in [-0.1, -0.05) is 64.6 Å². The van der Waals surface area contributed by atoms with E-state index in [0.29, 0.717) is 0 Å². The minimum Gasteiger partial charge on any atom is -0.845 e. The van der Waals surface area contributed by atoms with Gasteiger partial charge in [0.05, 0.1) is 11.1 Å². The Morgan fingerprint density at radius 3 is 0.920 bits per heavy atom. The average Bonchev–Trinajstić information content (AvgIpc) is 2.33. The van der Waals surface area contributed by atoms with Crippen LogP contribution in [-0.2, 0) is 17.1 Å². The third-order valence-corrected chi connectivity index (χ3v) is 3.71. The van der Waals surface area contributed by atoms with Crippen molar-refractivity contribution in [3.8, 4) is 0 Å². The standard InChI is InChI=1S/2C10H20NO.Fe/c2*1-8(2)10(6,12)7-11-9(3,4)5;/h2*7-8H,1-6H3;/q2*-1;+2. The molecule has 2 unspecified atom stereocenters. The zero-order valence-electron chi connectivity index (χ0n) is 18.4. The molecule has 0 aromatic carbocycles. The van der Waals surface area contributed by atoms with Gasteiger partial charge in [0.15, 0.2) is 0 Å². The Kier molecular flexibility index (Phi) is 12.8. The van der Waals surface area contributed by atoms with Crippen LogP contribution >= 0.6 is 0 Å². The summed E-state index contributed by atoms with van der Waals surface area (Å²) in [5.41, 5.74) is -2.35. The van der Waals surface area contributed by atoms with Crippen molar-refractivity contribution in [3.05, 3.63) is 0 Å². The maximum atomic E-state index is 11.7. The zero-order valence-corrected chi connectivity index (χ0v) is 19.5. The molecule has 0 amide bonds. The van der Waals surface area contributed by atoms with Gasteiger partial charge in [-0.2, -0.15) is 0 Å². The Labute approximate surface area is 167 Å². The first-order valence-corrected chi connectivity index (χ1v) is 8.84. The first-order chi connectivity index (χ1) is 10.3. The van der Waals surface area contributed by atoms with Crippen LogP contribution in [0.4, 0.5) is 0 Å². The van der Waals surface area contributed by atoms with E-state index in [2.05, 4.69) is 9.98 Å². The molecular weight excluding hydrogens is 356 g/mol. The molecule has 150 valence electrons. The predicted molar refractivity (Wildman–Crippen MR) is 103 cm³/mol. The van der Waals surface area contributed by atoms with Crippen molar-refractivity contribution in [2.45, 2.75) is 105 Å². The van der Waals surface area contributed by atoms with Gasteiger partial charge in [0, 0.05) is 0 Å². The van der Waals surface area contributed by atoms with Gasteiger partial charge in [-0.3, -0.25) is 9.98 Å². The third kappa shape index (κ3) is 17.0. The van der Waals surface area contributed by atoms with Crippen LogP contribution in [-0.4, -0.2) is 34.7 Å². The van der Waals surface area contributed by atoms with Crippen LogP contribution in [0.15, 0.2) is 9.98 Å². The van der Waals surface area contributed by atoms with E-state index in [1.54, 1.807) is 13.8 Å². The van der Waals surface area contributed by atoms with Crippen LogP contribution < -0.4 is 10.2 Å². The molecule has 0 aliphatic rings. The summed E-state index contributed by atoms with van der Waals surface area (Å²) in [5, 5.41) is 23.4. The second kappa shape index (κ2) is 10.8. The van der Waals surface area contributed by atoms with Crippen LogP contribution in [0.5, 0.6) is 0 Å². The third-order valence-electron chi connectivity index (χ3n) is 3.71. The summed E-state index contributed by atoms with van der Waals surface area (Å²) >= 11 is 0. The summed E-state index contributed by atoms with van der Waals surface area (Å²) in [5.74, 6) is 0.173. The van der Waals surface area contributed by atoms with Crippen molar-refractivity contribution in [2.24, 2.45) is 21.8 Å². The Balaban J connectivity index is -0.000000372. The Bertz CT molecular complexity index is 372. The predicted octanol–water partition coefficient (Wildman–Crippen LogP) is 3.26. The van der Waals surface area contributed by atoms with Gasteiger partial charge in [0.2, 0.25) is 0 Å². The molecule has 0 spiro atoms. The Hall–Kier alpha value is -0.221. The number of aliphatic imine (C=N–C) groups is 2. The van der Waals surface area contributed by atoms with Gasteiger partial charge in [-0.05, 0) is 54.0 Å². The summed E-state index contributed by atoms with van der Waals surface area (Å²) in [6.07, 6.45) is 3.08. The normalized spacial score (nSPS) is 17.9. The van der Waals surface area contributed by atoms with E-state index >= 15 is 0 Å². The van der Waals surface area contributed by atoms with Gasteiger partial charge < -0.3 is 10.2 Å². The molecule has 0 aliphatic carbocycles. The van der Waals surface area contributed by atoms with Crippen LogP contribution in [0.2, 0.25) is 0 Å². The molecule has 0 aromatic heterocycles. The van der Waals surface area contributed by atoms with Crippen molar-refractivity contribution in [1.29, 1.82) is 0 Å². The summed E-state index contributed by atoms with van der Waals surface area (Å²) in [4.78, 5) is 8.42. The summed E-state index contributed by atoms with van der Waals surface area (Å²) < 4.78 is 0. The van der Waals surface area contributed by atoms with Gasteiger partial charge in [0.1, 0.15) is 0 Å². The minimum absolute atomic E-state index is 0.